The molecule has 0 atom stereocenters. The van der Waals surface area contributed by atoms with Crippen LogP contribution in [-0.2, 0) is 20.9 Å². The van der Waals surface area contributed by atoms with Gasteiger partial charge in [0, 0.05) is 19.3 Å². The van der Waals surface area contributed by atoms with E-state index in [0.717, 1.165) is 30.5 Å². The smallest absolute Gasteiger partial charge is 0.231 e. The van der Waals surface area contributed by atoms with Crippen LogP contribution in [0.15, 0.2) is 24.3 Å². The second-order valence-corrected chi connectivity index (χ2v) is 5.54. The Morgan fingerprint density at radius 2 is 2.19 bits per heavy atom. The molecule has 0 saturated heterocycles. The van der Waals surface area contributed by atoms with Crippen molar-refractivity contribution >= 4 is 11.6 Å². The quantitative estimate of drug-likeness (QED) is 0.718. The van der Waals surface area contributed by atoms with Crippen LogP contribution in [-0.4, -0.2) is 32.8 Å². The van der Waals surface area contributed by atoms with Crippen molar-refractivity contribution in [3.8, 4) is 0 Å². The summed E-state index contributed by atoms with van der Waals surface area (Å²) in [7, 11) is 1.65. The summed E-state index contributed by atoms with van der Waals surface area (Å²) < 4.78 is 10.4. The molecule has 1 amide bonds. The molecule has 1 aliphatic rings. The number of carbonyl (C=O) groups is 1. The first kappa shape index (κ1) is 15.9. The van der Waals surface area contributed by atoms with Crippen LogP contribution < -0.4 is 11.1 Å². The van der Waals surface area contributed by atoms with Gasteiger partial charge in [-0.05, 0) is 30.5 Å². The number of nitrogens with one attached hydrogen (secondary N) is 1. The van der Waals surface area contributed by atoms with E-state index in [1.54, 1.807) is 7.11 Å². The van der Waals surface area contributed by atoms with E-state index in [0.29, 0.717) is 26.4 Å². The molecule has 0 heterocycles. The van der Waals surface area contributed by atoms with Gasteiger partial charge in [0.15, 0.2) is 0 Å². The molecule has 2 rings (SSSR count). The second-order valence-electron chi connectivity index (χ2n) is 5.54. The molecule has 21 heavy (non-hydrogen) atoms. The number of hydrogen-bond donors (Lipinski definition) is 2. The van der Waals surface area contributed by atoms with Crippen LogP contribution in [0.1, 0.15) is 24.8 Å². The predicted molar refractivity (Wildman–Crippen MR) is 81.9 cm³/mol. The lowest BCUT2D eigenvalue weighted by Crippen LogP contribution is -2.47. The molecule has 5 nitrogen and oxygen atoms in total. The first-order chi connectivity index (χ1) is 10.2. The maximum absolute atomic E-state index is 12.3. The molecule has 1 fully saturated rings. The average molecular weight is 292 g/mol. The normalized spacial score (nSPS) is 16.3. The summed E-state index contributed by atoms with van der Waals surface area (Å²) >= 11 is 0. The summed E-state index contributed by atoms with van der Waals surface area (Å²) in [5.74, 6) is 0.0358. The van der Waals surface area contributed by atoms with E-state index in [1.165, 1.54) is 0 Å². The Hall–Kier alpha value is -1.43. The molecule has 0 bridgehead atoms. The Morgan fingerprint density at radius 1 is 1.38 bits per heavy atom. The highest BCUT2D eigenvalue weighted by molar-refractivity contribution is 5.96. The van der Waals surface area contributed by atoms with E-state index in [2.05, 4.69) is 5.32 Å². The van der Waals surface area contributed by atoms with Crippen molar-refractivity contribution in [2.45, 2.75) is 25.9 Å². The zero-order valence-electron chi connectivity index (χ0n) is 12.6. The van der Waals surface area contributed by atoms with E-state index >= 15 is 0 Å². The van der Waals surface area contributed by atoms with E-state index in [4.69, 9.17) is 15.2 Å². The number of methoxy groups -OCH3 is 1. The van der Waals surface area contributed by atoms with Crippen LogP contribution in [0.4, 0.5) is 5.69 Å². The Kier molecular flexibility index (Phi) is 5.73. The van der Waals surface area contributed by atoms with E-state index in [1.807, 2.05) is 24.3 Å². The fourth-order valence-corrected chi connectivity index (χ4v) is 2.46. The number of nitrogens with two attached hydrogens (primary N) is 1. The second kappa shape index (κ2) is 7.54. The van der Waals surface area contributed by atoms with E-state index < -0.39 is 0 Å². The molecule has 116 valence electrons. The molecule has 0 unspecified atom stereocenters. The van der Waals surface area contributed by atoms with E-state index in [-0.39, 0.29) is 11.3 Å². The fourth-order valence-electron chi connectivity index (χ4n) is 2.46. The minimum absolute atomic E-state index is 0.0358. The zero-order valence-corrected chi connectivity index (χ0v) is 12.6. The van der Waals surface area contributed by atoms with E-state index in [9.17, 15) is 4.79 Å². The van der Waals surface area contributed by atoms with Crippen LogP contribution in [0.5, 0.6) is 0 Å². The molecule has 0 aromatic heterocycles. The monoisotopic (exact) mass is 292 g/mol. The minimum Gasteiger partial charge on any atom is -0.382 e. The molecule has 1 aromatic rings. The minimum atomic E-state index is -0.356. The average Bonchev–Trinajstić information content (AvgIpc) is 2.43. The van der Waals surface area contributed by atoms with Crippen molar-refractivity contribution in [2.75, 3.05) is 32.2 Å². The molecule has 1 aliphatic carbocycles. The summed E-state index contributed by atoms with van der Waals surface area (Å²) in [5, 5.41) is 2.98. The molecule has 1 aromatic carbocycles. The summed E-state index contributed by atoms with van der Waals surface area (Å²) in [6.07, 6.45) is 2.85. The predicted octanol–water partition coefficient (Wildman–Crippen LogP) is 1.92. The highest BCUT2D eigenvalue weighted by Gasteiger charge is 2.42. The molecule has 0 spiro atoms. The Labute approximate surface area is 125 Å². The van der Waals surface area contributed by atoms with Crippen LogP contribution in [0.2, 0.25) is 0 Å². The highest BCUT2D eigenvalue weighted by Crippen LogP contribution is 2.40. The lowest BCUT2D eigenvalue weighted by atomic mass is 9.68. The number of amides is 1. The van der Waals surface area contributed by atoms with Crippen molar-refractivity contribution in [1.29, 1.82) is 0 Å². The number of hydrogen-bond acceptors (Lipinski definition) is 4. The third-order valence-corrected chi connectivity index (χ3v) is 4.07. The van der Waals surface area contributed by atoms with Gasteiger partial charge < -0.3 is 20.5 Å². The van der Waals surface area contributed by atoms with Crippen molar-refractivity contribution in [3.05, 3.63) is 29.8 Å². The maximum atomic E-state index is 12.3. The zero-order chi connectivity index (χ0) is 15.1. The van der Waals surface area contributed by atoms with Gasteiger partial charge in [-0.15, -0.1) is 0 Å². The fraction of sp³-hybridized carbons (Fsp3) is 0.562. The van der Waals surface area contributed by atoms with Crippen LogP contribution in [0.25, 0.3) is 0 Å². The lowest BCUT2D eigenvalue weighted by molar-refractivity contribution is -0.129. The third-order valence-electron chi connectivity index (χ3n) is 4.07. The molecular weight excluding hydrogens is 268 g/mol. The lowest BCUT2D eigenvalue weighted by Gasteiger charge is -2.39. The Bertz CT molecular complexity index is 467. The molecule has 3 N–H and O–H groups in total. The van der Waals surface area contributed by atoms with Gasteiger partial charge in [-0.3, -0.25) is 4.79 Å². The first-order valence-corrected chi connectivity index (χ1v) is 7.37. The third kappa shape index (κ3) is 4.03. The van der Waals surface area contributed by atoms with Gasteiger partial charge in [-0.1, -0.05) is 18.6 Å². The van der Waals surface area contributed by atoms with Gasteiger partial charge >= 0.3 is 0 Å². The van der Waals surface area contributed by atoms with Gasteiger partial charge in [-0.2, -0.15) is 0 Å². The molecule has 0 aliphatic heterocycles. The molecule has 5 heteroatoms. The number of anilines is 1. The molecule has 1 saturated carbocycles. The number of carbonyl (C=O) groups excluding carboxylic acids is 1. The van der Waals surface area contributed by atoms with Gasteiger partial charge in [-0.25, -0.2) is 0 Å². The molecular formula is C16H24N2O3. The topological polar surface area (TPSA) is 73.6 Å². The van der Waals surface area contributed by atoms with Gasteiger partial charge in [0.25, 0.3) is 0 Å². The van der Waals surface area contributed by atoms with Crippen LogP contribution >= 0.6 is 0 Å². The number of benzene rings is 1. The van der Waals surface area contributed by atoms with Crippen molar-refractivity contribution in [2.24, 2.45) is 11.1 Å². The van der Waals surface area contributed by atoms with Crippen molar-refractivity contribution in [1.82, 2.24) is 0 Å². The van der Waals surface area contributed by atoms with Gasteiger partial charge in [0.2, 0.25) is 5.91 Å². The first-order valence-electron chi connectivity index (χ1n) is 7.37. The number of ether oxygens (including phenoxy) is 2. The number of rotatable bonds is 8. The summed E-state index contributed by atoms with van der Waals surface area (Å²) in [5.41, 5.74) is 7.22. The summed E-state index contributed by atoms with van der Waals surface area (Å²) in [6, 6.07) is 7.72. The van der Waals surface area contributed by atoms with Gasteiger partial charge in [0.1, 0.15) is 0 Å². The SMILES string of the molecule is COCCOCc1cccc(NC(=O)C2(CN)CCC2)c1. The highest BCUT2D eigenvalue weighted by atomic mass is 16.5. The maximum Gasteiger partial charge on any atom is 0.231 e. The van der Waals surface area contributed by atoms with Gasteiger partial charge in [0.05, 0.1) is 25.2 Å². The summed E-state index contributed by atoms with van der Waals surface area (Å²) in [4.78, 5) is 12.3. The largest absolute Gasteiger partial charge is 0.382 e. The Balaban J connectivity index is 1.90. The van der Waals surface area contributed by atoms with Crippen molar-refractivity contribution in [3.63, 3.8) is 0 Å². The summed E-state index contributed by atoms with van der Waals surface area (Å²) in [6.45, 7) is 2.06. The molecule has 0 radical (unpaired) electrons. The van der Waals surface area contributed by atoms with Crippen molar-refractivity contribution < 1.29 is 14.3 Å². The standard InChI is InChI=1S/C16H24N2O3/c1-20-8-9-21-11-13-4-2-5-14(10-13)18-15(19)16(12-17)6-3-7-16/h2,4-5,10H,3,6-9,11-12,17H2,1H3,(H,18,19). The Morgan fingerprint density at radius 3 is 2.81 bits per heavy atom. The van der Waals surface area contributed by atoms with Crippen LogP contribution in [0, 0.1) is 5.41 Å². The van der Waals surface area contributed by atoms with Crippen LogP contribution in [0.3, 0.4) is 0 Å².